The fourth-order valence-electron chi connectivity index (χ4n) is 4.80. The van der Waals surface area contributed by atoms with E-state index in [0.717, 1.165) is 25.0 Å². The Kier molecular flexibility index (Phi) is 6.39. The van der Waals surface area contributed by atoms with Crippen molar-refractivity contribution in [2.45, 2.75) is 51.6 Å². The minimum Gasteiger partial charge on any atom is -0.366 e. The molecular formula is C26H23F6N7O. The second kappa shape index (κ2) is 9.68. The molecule has 3 aromatic heterocycles. The summed E-state index contributed by atoms with van der Waals surface area (Å²) in [6.45, 7) is 1.19. The number of alkyl halides is 5. The number of hydrogen-bond donors (Lipinski definition) is 0. The first-order valence-corrected chi connectivity index (χ1v) is 12.6. The maximum absolute atomic E-state index is 15.2. The van der Waals surface area contributed by atoms with Gasteiger partial charge in [0.2, 0.25) is 5.95 Å². The van der Waals surface area contributed by atoms with Crippen LogP contribution in [-0.4, -0.2) is 48.9 Å². The maximum Gasteiger partial charge on any atom is 0.416 e. The zero-order valence-electron chi connectivity index (χ0n) is 21.3. The SMILES string of the molecule is Cc1nc2nc(N3C[C@@H](c4cnn(C(F)F)c4)O[C@H](C4CC4)C3)nc(-c3ccc(C(F)(F)F)cc3F)c2nc1C. The van der Waals surface area contributed by atoms with Gasteiger partial charge in [-0.05, 0) is 50.8 Å². The van der Waals surface area contributed by atoms with E-state index < -0.39 is 30.2 Å². The molecule has 4 heterocycles. The third-order valence-electron chi connectivity index (χ3n) is 7.23. The Morgan fingerprint density at radius 3 is 2.40 bits per heavy atom. The highest BCUT2D eigenvalue weighted by Crippen LogP contribution is 2.41. The summed E-state index contributed by atoms with van der Waals surface area (Å²) in [4.78, 5) is 20.0. The highest BCUT2D eigenvalue weighted by atomic mass is 19.4. The van der Waals surface area contributed by atoms with Crippen molar-refractivity contribution in [1.29, 1.82) is 0 Å². The van der Waals surface area contributed by atoms with Crippen molar-refractivity contribution in [1.82, 2.24) is 29.7 Å². The molecule has 0 bridgehead atoms. The van der Waals surface area contributed by atoms with Crippen LogP contribution in [0.5, 0.6) is 0 Å². The Morgan fingerprint density at radius 1 is 1.00 bits per heavy atom. The molecule has 1 aliphatic carbocycles. The summed E-state index contributed by atoms with van der Waals surface area (Å²) in [5.74, 6) is -0.692. The largest absolute Gasteiger partial charge is 0.416 e. The number of aromatic nitrogens is 6. The van der Waals surface area contributed by atoms with Gasteiger partial charge >= 0.3 is 12.7 Å². The third-order valence-corrected chi connectivity index (χ3v) is 7.23. The van der Waals surface area contributed by atoms with Crippen molar-refractivity contribution in [2.24, 2.45) is 5.92 Å². The van der Waals surface area contributed by atoms with Gasteiger partial charge in [0.15, 0.2) is 5.65 Å². The molecule has 14 heteroatoms. The molecule has 210 valence electrons. The second-order valence-electron chi connectivity index (χ2n) is 10.1. The molecule has 2 fully saturated rings. The van der Waals surface area contributed by atoms with E-state index in [1.165, 1.54) is 12.4 Å². The molecule has 0 N–H and O–H groups in total. The van der Waals surface area contributed by atoms with Crippen molar-refractivity contribution in [3.63, 3.8) is 0 Å². The van der Waals surface area contributed by atoms with E-state index in [2.05, 4.69) is 25.0 Å². The van der Waals surface area contributed by atoms with Crippen LogP contribution in [0, 0.1) is 25.6 Å². The van der Waals surface area contributed by atoms with Crippen LogP contribution in [-0.2, 0) is 10.9 Å². The van der Waals surface area contributed by atoms with Crippen molar-refractivity contribution in [3.8, 4) is 11.3 Å². The van der Waals surface area contributed by atoms with E-state index in [-0.39, 0.29) is 46.9 Å². The number of anilines is 1. The summed E-state index contributed by atoms with van der Waals surface area (Å²) in [5, 5.41) is 3.72. The van der Waals surface area contributed by atoms with Gasteiger partial charge in [-0.2, -0.15) is 32.0 Å². The molecule has 1 aliphatic heterocycles. The number of hydrogen-bond acceptors (Lipinski definition) is 7. The zero-order chi connectivity index (χ0) is 28.3. The monoisotopic (exact) mass is 563 g/mol. The smallest absolute Gasteiger partial charge is 0.366 e. The van der Waals surface area contributed by atoms with E-state index in [4.69, 9.17) is 4.74 Å². The quantitative estimate of drug-likeness (QED) is 0.284. The van der Waals surface area contributed by atoms with Crippen LogP contribution in [0.2, 0.25) is 0 Å². The standard InChI is InChI=1S/C26H23F6N7O/c1-12-13(2)35-23-22(34-12)21(17-6-5-16(7-18(17)27)26(30,31)32)36-25(37-23)38-10-19(14-3-4-14)40-20(11-38)15-8-33-39(9-15)24(28)29/h5-9,14,19-20,24H,3-4,10-11H2,1-2H3/t19-,20-/m0/s1. The van der Waals surface area contributed by atoms with E-state index in [9.17, 15) is 22.0 Å². The average molecular weight is 564 g/mol. The number of ether oxygens (including phenoxy) is 1. The Hall–Kier alpha value is -3.81. The number of morpholine rings is 1. The van der Waals surface area contributed by atoms with Gasteiger partial charge in [0.05, 0.1) is 35.8 Å². The first-order chi connectivity index (χ1) is 19.0. The number of benzene rings is 1. The molecule has 0 amide bonds. The number of aryl methyl sites for hydroxylation is 2. The summed E-state index contributed by atoms with van der Waals surface area (Å²) in [5.41, 5.74) is 0.556. The normalized spacial score (nSPS) is 20.1. The fourth-order valence-corrected chi connectivity index (χ4v) is 4.80. The van der Waals surface area contributed by atoms with Crippen LogP contribution < -0.4 is 4.90 Å². The summed E-state index contributed by atoms with van der Waals surface area (Å²) in [6.07, 6.45) is -1.13. The lowest BCUT2D eigenvalue weighted by Gasteiger charge is -2.38. The topological polar surface area (TPSA) is 81.9 Å². The highest BCUT2D eigenvalue weighted by molar-refractivity contribution is 5.88. The van der Waals surface area contributed by atoms with Crippen molar-refractivity contribution < 1.29 is 31.1 Å². The van der Waals surface area contributed by atoms with Crippen LogP contribution in [0.3, 0.4) is 0 Å². The number of rotatable bonds is 5. The van der Waals surface area contributed by atoms with E-state index in [1.807, 2.05) is 0 Å². The van der Waals surface area contributed by atoms with Crippen LogP contribution in [0.4, 0.5) is 32.3 Å². The Labute approximate surface area is 224 Å². The first kappa shape index (κ1) is 26.4. The minimum absolute atomic E-state index is 0.00152. The Morgan fingerprint density at radius 2 is 1.75 bits per heavy atom. The van der Waals surface area contributed by atoms with Gasteiger partial charge in [-0.25, -0.2) is 24.0 Å². The molecule has 1 aromatic carbocycles. The summed E-state index contributed by atoms with van der Waals surface area (Å²) in [6, 6.07) is 2.23. The molecule has 0 spiro atoms. The number of halogens is 6. The Balaban J connectivity index is 1.45. The molecule has 2 atom stereocenters. The van der Waals surface area contributed by atoms with Crippen LogP contribution in [0.1, 0.15) is 48.0 Å². The van der Waals surface area contributed by atoms with Crippen molar-refractivity contribution in [3.05, 3.63) is 58.9 Å². The first-order valence-electron chi connectivity index (χ1n) is 12.6. The van der Waals surface area contributed by atoms with E-state index >= 15 is 4.39 Å². The van der Waals surface area contributed by atoms with Crippen molar-refractivity contribution >= 4 is 17.1 Å². The van der Waals surface area contributed by atoms with E-state index in [1.54, 1.807) is 18.7 Å². The van der Waals surface area contributed by atoms with Crippen LogP contribution >= 0.6 is 0 Å². The van der Waals surface area contributed by atoms with Gasteiger partial charge in [-0.15, -0.1) is 0 Å². The third kappa shape index (κ3) is 4.95. The molecule has 1 saturated carbocycles. The molecule has 2 aliphatic rings. The maximum atomic E-state index is 15.2. The molecular weight excluding hydrogens is 540 g/mol. The average Bonchev–Trinajstić information content (AvgIpc) is 3.63. The lowest BCUT2D eigenvalue weighted by Crippen LogP contribution is -2.45. The fraction of sp³-hybridized carbons (Fsp3) is 0.423. The second-order valence-corrected chi connectivity index (χ2v) is 10.1. The van der Waals surface area contributed by atoms with E-state index in [0.29, 0.717) is 34.2 Å². The van der Waals surface area contributed by atoms with Gasteiger partial charge in [0.25, 0.3) is 0 Å². The van der Waals surface area contributed by atoms with Crippen LogP contribution in [0.25, 0.3) is 22.4 Å². The molecule has 0 radical (unpaired) electrons. The number of nitrogens with zero attached hydrogens (tertiary/aromatic N) is 7. The predicted molar refractivity (Wildman–Crippen MR) is 131 cm³/mol. The molecule has 6 rings (SSSR count). The van der Waals surface area contributed by atoms with Gasteiger partial charge in [0, 0.05) is 23.9 Å². The van der Waals surface area contributed by atoms with Crippen molar-refractivity contribution in [2.75, 3.05) is 18.0 Å². The van der Waals surface area contributed by atoms with Gasteiger partial charge in [-0.1, -0.05) is 0 Å². The van der Waals surface area contributed by atoms with Gasteiger partial charge in [0.1, 0.15) is 23.1 Å². The molecule has 4 aromatic rings. The molecule has 8 nitrogen and oxygen atoms in total. The minimum atomic E-state index is -4.72. The number of fused-ring (bicyclic) bond motifs is 1. The predicted octanol–water partition coefficient (Wildman–Crippen LogP) is 5.81. The summed E-state index contributed by atoms with van der Waals surface area (Å²) < 4.78 is 87.9. The lowest BCUT2D eigenvalue weighted by atomic mass is 10.1. The summed E-state index contributed by atoms with van der Waals surface area (Å²) in [7, 11) is 0. The summed E-state index contributed by atoms with van der Waals surface area (Å²) >= 11 is 0. The molecule has 40 heavy (non-hydrogen) atoms. The highest BCUT2D eigenvalue weighted by Gasteiger charge is 2.40. The zero-order valence-corrected chi connectivity index (χ0v) is 21.3. The molecule has 0 unspecified atom stereocenters. The lowest BCUT2D eigenvalue weighted by molar-refractivity contribution is -0.137. The molecule has 1 saturated heterocycles. The van der Waals surface area contributed by atoms with Gasteiger partial charge in [-0.3, -0.25) is 0 Å². The Bertz CT molecular complexity index is 1590. The van der Waals surface area contributed by atoms with Gasteiger partial charge < -0.3 is 9.64 Å². The van der Waals surface area contributed by atoms with Crippen LogP contribution in [0.15, 0.2) is 30.6 Å².